The standard InChI is InChI=1S/C22H26ClN7O3S/c1-14-4-3-5-16(23)20(14)28-21(31)17-13-24-22(34-17)27-18-12-19(26-15(2)25-18)30-8-6-29(7-9-30)10-11-33-32/h3-5,12-13,32H,6-11H2,1-2H3,(H,28,31)(H,24,25,26,27). The van der Waals surface area contributed by atoms with E-state index in [2.05, 4.69) is 40.3 Å². The first kappa shape index (κ1) is 24.3. The van der Waals surface area contributed by atoms with Crippen LogP contribution in [0.4, 0.5) is 22.5 Å². The lowest BCUT2D eigenvalue weighted by Gasteiger charge is -2.35. The molecule has 3 heterocycles. The molecule has 1 aliphatic heterocycles. The molecule has 10 nitrogen and oxygen atoms in total. The number of carbonyl (C=O) groups is 1. The Kier molecular flexibility index (Phi) is 7.91. The highest BCUT2D eigenvalue weighted by atomic mass is 35.5. The number of hydrogen-bond donors (Lipinski definition) is 3. The third kappa shape index (κ3) is 5.99. The molecule has 180 valence electrons. The molecule has 0 spiro atoms. The summed E-state index contributed by atoms with van der Waals surface area (Å²) in [6, 6.07) is 7.35. The summed E-state index contributed by atoms with van der Waals surface area (Å²) in [4.78, 5) is 35.1. The fraction of sp³-hybridized carbons (Fsp3) is 0.364. The molecule has 0 radical (unpaired) electrons. The molecule has 3 aromatic rings. The van der Waals surface area contributed by atoms with Crippen LogP contribution in [0.5, 0.6) is 0 Å². The van der Waals surface area contributed by atoms with E-state index in [1.54, 1.807) is 6.07 Å². The molecule has 1 saturated heterocycles. The van der Waals surface area contributed by atoms with Gasteiger partial charge in [0.15, 0.2) is 5.13 Å². The van der Waals surface area contributed by atoms with Gasteiger partial charge in [-0.3, -0.25) is 15.0 Å². The van der Waals surface area contributed by atoms with Crippen LogP contribution in [0.1, 0.15) is 21.1 Å². The van der Waals surface area contributed by atoms with E-state index in [-0.39, 0.29) is 5.91 Å². The number of thiazole rings is 1. The highest BCUT2D eigenvalue weighted by Crippen LogP contribution is 2.28. The fourth-order valence-corrected chi connectivity index (χ4v) is 4.65. The Labute approximate surface area is 206 Å². The number of hydrogen-bond acceptors (Lipinski definition) is 10. The molecule has 34 heavy (non-hydrogen) atoms. The minimum Gasteiger partial charge on any atom is -0.354 e. The van der Waals surface area contributed by atoms with Crippen LogP contribution in [0.3, 0.4) is 0 Å². The van der Waals surface area contributed by atoms with Crippen molar-refractivity contribution in [2.24, 2.45) is 0 Å². The molecule has 1 aromatic carbocycles. The van der Waals surface area contributed by atoms with Crippen molar-refractivity contribution >= 4 is 51.3 Å². The van der Waals surface area contributed by atoms with Crippen LogP contribution in [0, 0.1) is 13.8 Å². The minimum absolute atomic E-state index is 0.272. The van der Waals surface area contributed by atoms with Crippen molar-refractivity contribution in [1.82, 2.24) is 19.9 Å². The fourth-order valence-electron chi connectivity index (χ4n) is 3.66. The van der Waals surface area contributed by atoms with Crippen LogP contribution in [0.15, 0.2) is 30.5 Å². The molecule has 4 rings (SSSR count). The zero-order valence-electron chi connectivity index (χ0n) is 18.9. The molecule has 2 aromatic heterocycles. The summed E-state index contributed by atoms with van der Waals surface area (Å²) in [5, 5.41) is 15.6. The maximum Gasteiger partial charge on any atom is 0.267 e. The number of aromatic nitrogens is 3. The van der Waals surface area contributed by atoms with Gasteiger partial charge in [-0.05, 0) is 25.5 Å². The van der Waals surface area contributed by atoms with Crippen molar-refractivity contribution in [3.8, 4) is 0 Å². The molecule has 12 heteroatoms. The van der Waals surface area contributed by atoms with E-state index in [4.69, 9.17) is 16.9 Å². The molecule has 0 unspecified atom stereocenters. The monoisotopic (exact) mass is 503 g/mol. The topological polar surface area (TPSA) is 116 Å². The number of halogens is 1. The number of nitrogens with zero attached hydrogens (tertiary/aromatic N) is 5. The molecule has 1 aliphatic rings. The highest BCUT2D eigenvalue weighted by molar-refractivity contribution is 7.17. The van der Waals surface area contributed by atoms with Crippen molar-refractivity contribution in [2.45, 2.75) is 13.8 Å². The van der Waals surface area contributed by atoms with Crippen LogP contribution in [0.25, 0.3) is 0 Å². The van der Waals surface area contributed by atoms with E-state index in [1.807, 2.05) is 32.0 Å². The summed E-state index contributed by atoms with van der Waals surface area (Å²) in [6.07, 6.45) is 1.53. The quantitative estimate of drug-likeness (QED) is 0.311. The van der Waals surface area contributed by atoms with Crippen LogP contribution in [0.2, 0.25) is 5.02 Å². The molecule has 1 fully saturated rings. The second kappa shape index (κ2) is 11.1. The highest BCUT2D eigenvalue weighted by Gasteiger charge is 2.19. The number of rotatable bonds is 8. The summed E-state index contributed by atoms with van der Waals surface area (Å²) < 4.78 is 0. The first-order valence-corrected chi connectivity index (χ1v) is 12.0. The number of carbonyl (C=O) groups excluding carboxylic acids is 1. The average molecular weight is 504 g/mol. The van der Waals surface area contributed by atoms with Gasteiger partial charge in [-0.1, -0.05) is 35.1 Å². The third-order valence-electron chi connectivity index (χ3n) is 5.44. The first-order chi connectivity index (χ1) is 16.4. The molecule has 0 atom stereocenters. The normalized spacial score (nSPS) is 14.3. The van der Waals surface area contributed by atoms with Crippen molar-refractivity contribution in [1.29, 1.82) is 0 Å². The van der Waals surface area contributed by atoms with Crippen LogP contribution in [-0.2, 0) is 4.89 Å². The van der Waals surface area contributed by atoms with Crippen LogP contribution >= 0.6 is 22.9 Å². The summed E-state index contributed by atoms with van der Waals surface area (Å²) in [5.41, 5.74) is 1.48. The Bertz CT molecular complexity index is 1130. The van der Waals surface area contributed by atoms with Gasteiger partial charge >= 0.3 is 0 Å². The van der Waals surface area contributed by atoms with Crippen LogP contribution < -0.4 is 15.5 Å². The summed E-state index contributed by atoms with van der Waals surface area (Å²) >= 11 is 7.45. The summed E-state index contributed by atoms with van der Waals surface area (Å²) in [5.74, 6) is 1.81. The van der Waals surface area contributed by atoms with Gasteiger partial charge in [0.2, 0.25) is 0 Å². The second-order valence-electron chi connectivity index (χ2n) is 7.86. The van der Waals surface area contributed by atoms with Gasteiger partial charge in [0, 0.05) is 38.8 Å². The lowest BCUT2D eigenvalue weighted by atomic mass is 10.2. The van der Waals surface area contributed by atoms with Gasteiger partial charge in [0.1, 0.15) is 22.3 Å². The van der Waals surface area contributed by atoms with Gasteiger partial charge in [-0.15, -0.1) is 0 Å². The second-order valence-corrected chi connectivity index (χ2v) is 9.30. The Morgan fingerprint density at radius 1 is 1.24 bits per heavy atom. The smallest absolute Gasteiger partial charge is 0.267 e. The van der Waals surface area contributed by atoms with Gasteiger partial charge in [-0.25, -0.2) is 19.8 Å². The van der Waals surface area contributed by atoms with Crippen molar-refractivity contribution in [3.63, 3.8) is 0 Å². The molecule has 0 aliphatic carbocycles. The number of benzene rings is 1. The van der Waals surface area contributed by atoms with E-state index in [0.29, 0.717) is 45.5 Å². The number of nitrogens with one attached hydrogen (secondary N) is 2. The Hall–Kier alpha value is -2.83. The van der Waals surface area contributed by atoms with E-state index in [9.17, 15) is 4.79 Å². The lowest BCUT2D eigenvalue weighted by molar-refractivity contribution is -0.244. The SMILES string of the molecule is Cc1nc(Nc2ncc(C(=O)Nc3c(C)cccc3Cl)s2)cc(N2CCN(CCOO)CC2)n1. The number of anilines is 4. The largest absolute Gasteiger partial charge is 0.354 e. The van der Waals surface area contributed by atoms with Gasteiger partial charge in [0.05, 0.1) is 23.5 Å². The van der Waals surface area contributed by atoms with Gasteiger partial charge in [0.25, 0.3) is 5.91 Å². The molecule has 0 saturated carbocycles. The number of amides is 1. The molecular formula is C22H26ClN7O3S. The van der Waals surface area contributed by atoms with Gasteiger partial charge in [-0.2, -0.15) is 0 Å². The number of para-hydroxylation sites is 1. The van der Waals surface area contributed by atoms with Crippen LogP contribution in [-0.4, -0.2) is 70.3 Å². The van der Waals surface area contributed by atoms with Crippen molar-refractivity contribution in [2.75, 3.05) is 54.9 Å². The van der Waals surface area contributed by atoms with E-state index in [1.165, 1.54) is 17.5 Å². The summed E-state index contributed by atoms with van der Waals surface area (Å²) in [6.45, 7) is 8.04. The van der Waals surface area contributed by atoms with Gasteiger partial charge < -0.3 is 15.5 Å². The molecule has 0 bridgehead atoms. The minimum atomic E-state index is -0.272. The molecule has 3 N–H and O–H groups in total. The third-order valence-corrected chi connectivity index (χ3v) is 6.67. The van der Waals surface area contributed by atoms with Crippen molar-refractivity contribution in [3.05, 3.63) is 51.7 Å². The average Bonchev–Trinajstić information content (AvgIpc) is 3.28. The molecule has 1 amide bonds. The van der Waals surface area contributed by atoms with Crippen molar-refractivity contribution < 1.29 is 14.9 Å². The maximum absolute atomic E-state index is 12.7. The van der Waals surface area contributed by atoms with E-state index in [0.717, 1.165) is 37.6 Å². The predicted octanol–water partition coefficient (Wildman–Crippen LogP) is 3.81. The Balaban J connectivity index is 1.41. The number of aryl methyl sites for hydroxylation is 2. The summed E-state index contributed by atoms with van der Waals surface area (Å²) in [7, 11) is 0. The predicted molar refractivity (Wildman–Crippen MR) is 134 cm³/mol. The lowest BCUT2D eigenvalue weighted by Crippen LogP contribution is -2.47. The zero-order valence-corrected chi connectivity index (χ0v) is 20.5. The number of piperazine rings is 1. The first-order valence-electron chi connectivity index (χ1n) is 10.8. The zero-order chi connectivity index (χ0) is 24.1. The maximum atomic E-state index is 12.7. The Morgan fingerprint density at radius 2 is 2.03 bits per heavy atom. The van der Waals surface area contributed by atoms with E-state index >= 15 is 0 Å². The van der Waals surface area contributed by atoms with E-state index < -0.39 is 0 Å². The Morgan fingerprint density at radius 3 is 2.76 bits per heavy atom. The molecular weight excluding hydrogens is 478 g/mol.